The second-order valence-corrected chi connectivity index (χ2v) is 9.93. The number of carbonyl (C=O) groups is 1. The topological polar surface area (TPSA) is 131 Å². The first kappa shape index (κ1) is 19.9. The van der Waals surface area contributed by atoms with E-state index in [2.05, 4.69) is 24.8 Å². The molecule has 11 heteroatoms. The van der Waals surface area contributed by atoms with Crippen molar-refractivity contribution in [3.8, 4) is 0 Å². The summed E-state index contributed by atoms with van der Waals surface area (Å²) in [6.45, 7) is 6.01. The fourth-order valence-electron chi connectivity index (χ4n) is 4.45. The zero-order chi connectivity index (χ0) is 20.8. The number of amides is 1. The number of hydrogen-bond acceptors (Lipinski definition) is 8. The highest BCUT2D eigenvalue weighted by Crippen LogP contribution is 2.50. The largest absolute Gasteiger partial charge is 0.339 e. The molecule has 1 aliphatic carbocycles. The van der Waals surface area contributed by atoms with Crippen molar-refractivity contribution < 1.29 is 17.7 Å². The van der Waals surface area contributed by atoms with Crippen LogP contribution in [-0.4, -0.2) is 64.2 Å². The third kappa shape index (κ3) is 3.64. The molecule has 2 fully saturated rings. The van der Waals surface area contributed by atoms with E-state index in [1.807, 2.05) is 6.92 Å². The van der Waals surface area contributed by atoms with Gasteiger partial charge in [0.05, 0.1) is 23.1 Å². The Labute approximate surface area is 169 Å². The van der Waals surface area contributed by atoms with Crippen molar-refractivity contribution >= 4 is 15.9 Å². The number of nitrogens with one attached hydrogen (secondary N) is 1. The van der Waals surface area contributed by atoms with E-state index in [9.17, 15) is 13.2 Å². The van der Waals surface area contributed by atoms with Crippen LogP contribution < -0.4 is 4.72 Å². The molecule has 0 aromatic carbocycles. The first-order valence-corrected chi connectivity index (χ1v) is 11.3. The highest BCUT2D eigenvalue weighted by atomic mass is 32.2. The Hall–Kier alpha value is -2.40. The van der Waals surface area contributed by atoms with Crippen molar-refractivity contribution in [1.29, 1.82) is 0 Å². The monoisotopic (exact) mass is 420 g/mol. The van der Waals surface area contributed by atoms with Crippen LogP contribution in [-0.2, 0) is 15.4 Å². The maximum atomic E-state index is 13.0. The summed E-state index contributed by atoms with van der Waals surface area (Å²) in [5, 5.41) is 3.92. The van der Waals surface area contributed by atoms with Crippen LogP contribution in [0.1, 0.15) is 47.7 Å². The molecular formula is C18H24N6O4S. The number of aromatic nitrogens is 4. The van der Waals surface area contributed by atoms with Crippen molar-refractivity contribution in [3.05, 3.63) is 35.5 Å². The van der Waals surface area contributed by atoms with Crippen LogP contribution in [0, 0.1) is 19.8 Å². The van der Waals surface area contributed by atoms with Crippen molar-refractivity contribution in [3.63, 3.8) is 0 Å². The Morgan fingerprint density at radius 1 is 1.34 bits per heavy atom. The Bertz CT molecular complexity index is 1020. The third-order valence-corrected chi connectivity index (χ3v) is 7.29. The molecule has 2 aromatic rings. The molecule has 2 aromatic heterocycles. The van der Waals surface area contributed by atoms with Gasteiger partial charge in [0.15, 0.2) is 5.82 Å². The van der Waals surface area contributed by atoms with E-state index in [1.165, 1.54) is 6.20 Å². The van der Waals surface area contributed by atoms with Crippen molar-refractivity contribution in [1.82, 2.24) is 29.7 Å². The molecule has 10 nitrogen and oxygen atoms in total. The van der Waals surface area contributed by atoms with Crippen LogP contribution >= 0.6 is 0 Å². The SMILES string of the molecule is CCS(=O)(=O)N[C@@H]1C[C@H]2CN(C(=O)c3cnc(C)cn3)C[C@@]2(c2nc(C)no2)C1. The summed E-state index contributed by atoms with van der Waals surface area (Å²) in [4.78, 5) is 27.5. The average molecular weight is 420 g/mol. The number of carbonyl (C=O) groups excluding carboxylic acids is 1. The summed E-state index contributed by atoms with van der Waals surface area (Å²) >= 11 is 0. The number of sulfonamides is 1. The zero-order valence-corrected chi connectivity index (χ0v) is 17.4. The lowest BCUT2D eigenvalue weighted by Crippen LogP contribution is -2.40. The highest BCUT2D eigenvalue weighted by molar-refractivity contribution is 7.89. The summed E-state index contributed by atoms with van der Waals surface area (Å²) in [6, 6.07) is -0.228. The van der Waals surface area contributed by atoms with E-state index >= 15 is 0 Å². The summed E-state index contributed by atoms with van der Waals surface area (Å²) in [6.07, 6.45) is 4.15. The summed E-state index contributed by atoms with van der Waals surface area (Å²) in [5.41, 5.74) is 0.454. The maximum absolute atomic E-state index is 13.0. The molecule has 1 amide bonds. The van der Waals surface area contributed by atoms with Gasteiger partial charge in [0, 0.05) is 25.3 Å². The fourth-order valence-corrected chi connectivity index (χ4v) is 5.30. The van der Waals surface area contributed by atoms with Crippen LogP contribution in [0.15, 0.2) is 16.9 Å². The van der Waals surface area contributed by atoms with Crippen LogP contribution in [0.5, 0.6) is 0 Å². The molecule has 0 bridgehead atoms. The van der Waals surface area contributed by atoms with E-state index in [1.54, 1.807) is 24.9 Å². The Kier molecular flexibility index (Phi) is 4.89. The van der Waals surface area contributed by atoms with Gasteiger partial charge in [-0.05, 0) is 39.5 Å². The van der Waals surface area contributed by atoms with Crippen LogP contribution in [0.3, 0.4) is 0 Å². The highest BCUT2D eigenvalue weighted by Gasteiger charge is 2.58. The van der Waals surface area contributed by atoms with Gasteiger partial charge in [-0.2, -0.15) is 4.98 Å². The van der Waals surface area contributed by atoms with Gasteiger partial charge < -0.3 is 9.42 Å². The quantitative estimate of drug-likeness (QED) is 0.743. The molecule has 0 radical (unpaired) electrons. The van der Waals surface area contributed by atoms with E-state index in [0.717, 1.165) is 5.69 Å². The van der Waals surface area contributed by atoms with Gasteiger partial charge >= 0.3 is 0 Å². The molecule has 0 unspecified atom stereocenters. The van der Waals surface area contributed by atoms with E-state index in [4.69, 9.17) is 4.52 Å². The molecule has 3 atom stereocenters. The molecule has 156 valence electrons. The van der Waals surface area contributed by atoms with E-state index < -0.39 is 15.4 Å². The fraction of sp³-hybridized carbons (Fsp3) is 0.611. The summed E-state index contributed by atoms with van der Waals surface area (Å²) in [7, 11) is -3.33. The normalized spacial score (nSPS) is 26.7. The number of likely N-dealkylation sites (tertiary alicyclic amines) is 1. The standard InChI is InChI=1S/C18H24N6O4S/c1-4-29(26,27)23-14-5-13-9-24(16(25)15-8-19-11(2)7-20-15)10-18(13,6-14)17-21-12(3)22-28-17/h7-8,13-14,23H,4-6,9-10H2,1-3H3/t13-,14+,18-/m0/s1. The second-order valence-electron chi connectivity index (χ2n) is 7.89. The first-order chi connectivity index (χ1) is 13.7. The lowest BCUT2D eigenvalue weighted by molar-refractivity contribution is 0.0767. The lowest BCUT2D eigenvalue weighted by atomic mass is 9.80. The average Bonchev–Trinajstić information content (AvgIpc) is 3.34. The maximum Gasteiger partial charge on any atom is 0.274 e. The molecular weight excluding hydrogens is 396 g/mol. The van der Waals surface area contributed by atoms with Gasteiger partial charge in [-0.1, -0.05) is 5.16 Å². The van der Waals surface area contributed by atoms with Crippen molar-refractivity contribution in [2.75, 3.05) is 18.8 Å². The smallest absolute Gasteiger partial charge is 0.274 e. The van der Waals surface area contributed by atoms with Gasteiger partial charge in [0.25, 0.3) is 5.91 Å². The molecule has 1 N–H and O–H groups in total. The molecule has 1 saturated heterocycles. The number of hydrogen-bond donors (Lipinski definition) is 1. The van der Waals surface area contributed by atoms with Crippen molar-refractivity contribution in [2.45, 2.75) is 45.1 Å². The number of aryl methyl sites for hydroxylation is 2. The number of rotatable bonds is 5. The molecule has 4 rings (SSSR count). The zero-order valence-electron chi connectivity index (χ0n) is 16.6. The minimum atomic E-state index is -3.33. The van der Waals surface area contributed by atoms with E-state index in [0.29, 0.717) is 37.6 Å². The first-order valence-electron chi connectivity index (χ1n) is 9.61. The van der Waals surface area contributed by atoms with Crippen molar-refractivity contribution in [2.24, 2.45) is 5.92 Å². The molecule has 1 saturated carbocycles. The van der Waals surface area contributed by atoms with Gasteiger partial charge in [-0.25, -0.2) is 18.1 Å². The number of nitrogens with zero attached hydrogens (tertiary/aromatic N) is 5. The molecule has 0 spiro atoms. The predicted octanol–water partition coefficient (Wildman–Crippen LogP) is 0.588. The van der Waals surface area contributed by atoms with E-state index in [-0.39, 0.29) is 29.3 Å². The van der Waals surface area contributed by atoms with Gasteiger partial charge in [0.2, 0.25) is 15.9 Å². The van der Waals surface area contributed by atoms with Gasteiger partial charge in [-0.15, -0.1) is 0 Å². The Morgan fingerprint density at radius 3 is 2.76 bits per heavy atom. The third-order valence-electron chi connectivity index (χ3n) is 5.84. The molecule has 29 heavy (non-hydrogen) atoms. The lowest BCUT2D eigenvalue weighted by Gasteiger charge is -2.25. The minimum absolute atomic E-state index is 0.00858. The summed E-state index contributed by atoms with van der Waals surface area (Å²) < 4.78 is 32.4. The molecule has 3 heterocycles. The van der Waals surface area contributed by atoms with Crippen LogP contribution in [0.4, 0.5) is 0 Å². The Morgan fingerprint density at radius 2 is 2.14 bits per heavy atom. The summed E-state index contributed by atoms with van der Waals surface area (Å²) in [5.74, 6) is 0.809. The predicted molar refractivity (Wildman–Crippen MR) is 102 cm³/mol. The second kappa shape index (κ2) is 7.13. The molecule has 1 aliphatic heterocycles. The van der Waals surface area contributed by atoms with Crippen LogP contribution in [0.25, 0.3) is 0 Å². The minimum Gasteiger partial charge on any atom is -0.339 e. The molecule has 2 aliphatic rings. The Balaban J connectivity index is 1.61. The number of fused-ring (bicyclic) bond motifs is 1. The van der Waals surface area contributed by atoms with Crippen LogP contribution in [0.2, 0.25) is 0 Å². The van der Waals surface area contributed by atoms with Gasteiger partial charge in [-0.3, -0.25) is 9.78 Å². The van der Waals surface area contributed by atoms with Gasteiger partial charge in [0.1, 0.15) is 5.69 Å².